The van der Waals surface area contributed by atoms with Crippen molar-refractivity contribution < 1.29 is 9.90 Å². The van der Waals surface area contributed by atoms with E-state index < -0.39 is 5.97 Å². The highest BCUT2D eigenvalue weighted by Crippen LogP contribution is 2.12. The molecule has 0 bridgehead atoms. The van der Waals surface area contributed by atoms with Crippen LogP contribution in [0.5, 0.6) is 0 Å². The summed E-state index contributed by atoms with van der Waals surface area (Å²) in [6, 6.07) is 7.17. The van der Waals surface area contributed by atoms with Gasteiger partial charge < -0.3 is 10.4 Å². The Bertz CT molecular complexity index is 558. The Kier molecular flexibility index (Phi) is 3.85. The van der Waals surface area contributed by atoms with Crippen molar-refractivity contribution in [1.29, 1.82) is 0 Å². The molecule has 1 aromatic heterocycles. The fraction of sp³-hybridized carbons (Fsp3) is 0.286. The number of benzene rings is 1. The van der Waals surface area contributed by atoms with E-state index in [1.165, 1.54) is 0 Å². The molecule has 0 saturated heterocycles. The van der Waals surface area contributed by atoms with E-state index in [0.29, 0.717) is 18.2 Å². The summed E-state index contributed by atoms with van der Waals surface area (Å²) in [5.74, 6) is -0.905. The van der Waals surface area contributed by atoms with Crippen LogP contribution in [0.4, 0.5) is 5.69 Å². The molecular formula is C14H17N3O2. The largest absolute Gasteiger partial charge is 0.478 e. The van der Waals surface area contributed by atoms with E-state index in [4.69, 9.17) is 5.11 Å². The van der Waals surface area contributed by atoms with Crippen LogP contribution >= 0.6 is 0 Å². The Morgan fingerprint density at radius 3 is 2.58 bits per heavy atom. The van der Waals surface area contributed by atoms with Crippen molar-refractivity contribution in [1.82, 2.24) is 9.78 Å². The van der Waals surface area contributed by atoms with Gasteiger partial charge in [-0.1, -0.05) is 12.1 Å². The SMILES string of the molecule is CC(C)n1cc(NCc2ccc(C(=O)O)cc2)cn1. The number of nitrogens with zero attached hydrogens (tertiary/aromatic N) is 2. The minimum absolute atomic E-state index is 0.302. The topological polar surface area (TPSA) is 67.2 Å². The van der Waals surface area contributed by atoms with Crippen molar-refractivity contribution in [3.05, 3.63) is 47.8 Å². The number of aromatic carboxylic acids is 1. The van der Waals surface area contributed by atoms with Crippen LogP contribution in [0.2, 0.25) is 0 Å². The first kappa shape index (κ1) is 13.1. The molecule has 0 aliphatic rings. The first-order chi connectivity index (χ1) is 9.06. The van der Waals surface area contributed by atoms with E-state index in [1.54, 1.807) is 18.3 Å². The minimum atomic E-state index is -0.905. The summed E-state index contributed by atoms with van der Waals surface area (Å²) in [7, 11) is 0. The summed E-state index contributed by atoms with van der Waals surface area (Å²) < 4.78 is 1.88. The lowest BCUT2D eigenvalue weighted by Crippen LogP contribution is -2.01. The molecule has 5 heteroatoms. The summed E-state index contributed by atoms with van der Waals surface area (Å²) in [6.07, 6.45) is 3.74. The van der Waals surface area contributed by atoms with Gasteiger partial charge in [-0.25, -0.2) is 4.79 Å². The highest BCUT2D eigenvalue weighted by atomic mass is 16.4. The third-order valence-electron chi connectivity index (χ3n) is 2.83. The van der Waals surface area contributed by atoms with Crippen LogP contribution in [0, 0.1) is 0 Å². The molecule has 19 heavy (non-hydrogen) atoms. The average molecular weight is 259 g/mol. The number of hydrogen-bond donors (Lipinski definition) is 2. The second-order valence-electron chi connectivity index (χ2n) is 4.66. The third kappa shape index (κ3) is 3.34. The van der Waals surface area contributed by atoms with Crippen molar-refractivity contribution in [2.75, 3.05) is 5.32 Å². The number of nitrogens with one attached hydrogen (secondary N) is 1. The van der Waals surface area contributed by atoms with Crippen molar-refractivity contribution in [3.8, 4) is 0 Å². The number of anilines is 1. The van der Waals surface area contributed by atoms with Crippen molar-refractivity contribution >= 4 is 11.7 Å². The van der Waals surface area contributed by atoms with Gasteiger partial charge in [-0.15, -0.1) is 0 Å². The summed E-state index contributed by atoms with van der Waals surface area (Å²) in [5, 5.41) is 16.3. The van der Waals surface area contributed by atoms with E-state index >= 15 is 0 Å². The van der Waals surface area contributed by atoms with Crippen LogP contribution in [0.25, 0.3) is 0 Å². The van der Waals surface area contributed by atoms with Gasteiger partial charge in [0.15, 0.2) is 0 Å². The number of carboxylic acids is 1. The third-order valence-corrected chi connectivity index (χ3v) is 2.83. The molecule has 1 heterocycles. The summed E-state index contributed by atoms with van der Waals surface area (Å²) >= 11 is 0. The van der Waals surface area contributed by atoms with Crippen LogP contribution in [-0.4, -0.2) is 20.9 Å². The van der Waals surface area contributed by atoms with Gasteiger partial charge in [-0.05, 0) is 31.5 Å². The lowest BCUT2D eigenvalue weighted by atomic mass is 10.1. The Balaban J connectivity index is 1.96. The normalized spacial score (nSPS) is 10.7. The van der Waals surface area contributed by atoms with Gasteiger partial charge in [0.25, 0.3) is 0 Å². The lowest BCUT2D eigenvalue weighted by Gasteiger charge is -2.05. The van der Waals surface area contributed by atoms with Crippen LogP contribution in [0.15, 0.2) is 36.7 Å². The Labute approximate surface area is 111 Å². The molecule has 0 radical (unpaired) electrons. The molecule has 0 atom stereocenters. The molecule has 0 spiro atoms. The fourth-order valence-corrected chi connectivity index (χ4v) is 1.68. The van der Waals surface area contributed by atoms with Gasteiger partial charge in [-0.3, -0.25) is 4.68 Å². The molecule has 100 valence electrons. The number of hydrogen-bond acceptors (Lipinski definition) is 3. The van der Waals surface area contributed by atoms with Crippen LogP contribution in [-0.2, 0) is 6.54 Å². The maximum Gasteiger partial charge on any atom is 0.335 e. The summed E-state index contributed by atoms with van der Waals surface area (Å²) in [5.41, 5.74) is 2.29. The molecule has 2 aromatic rings. The predicted molar refractivity (Wildman–Crippen MR) is 73.3 cm³/mol. The van der Waals surface area contributed by atoms with Crippen molar-refractivity contribution in [3.63, 3.8) is 0 Å². The molecule has 0 unspecified atom stereocenters. The lowest BCUT2D eigenvalue weighted by molar-refractivity contribution is 0.0697. The quantitative estimate of drug-likeness (QED) is 0.866. The van der Waals surface area contributed by atoms with E-state index in [9.17, 15) is 4.79 Å². The number of carbonyl (C=O) groups is 1. The second-order valence-corrected chi connectivity index (χ2v) is 4.66. The zero-order valence-electron chi connectivity index (χ0n) is 11.0. The van der Waals surface area contributed by atoms with Gasteiger partial charge >= 0.3 is 5.97 Å². The first-order valence-corrected chi connectivity index (χ1v) is 6.16. The highest BCUT2D eigenvalue weighted by Gasteiger charge is 2.03. The van der Waals surface area contributed by atoms with Crippen LogP contribution < -0.4 is 5.32 Å². The van der Waals surface area contributed by atoms with E-state index in [-0.39, 0.29) is 0 Å². The zero-order valence-corrected chi connectivity index (χ0v) is 11.0. The molecule has 0 saturated carbocycles. The minimum Gasteiger partial charge on any atom is -0.478 e. The number of rotatable bonds is 5. The van der Waals surface area contributed by atoms with Crippen molar-refractivity contribution in [2.45, 2.75) is 26.4 Å². The van der Waals surface area contributed by atoms with Gasteiger partial charge in [-0.2, -0.15) is 5.10 Å². The number of carboxylic acid groups (broad SMARTS) is 1. The molecule has 1 aromatic carbocycles. The Morgan fingerprint density at radius 1 is 1.37 bits per heavy atom. The first-order valence-electron chi connectivity index (χ1n) is 6.16. The molecule has 0 aliphatic carbocycles. The highest BCUT2D eigenvalue weighted by molar-refractivity contribution is 5.87. The molecule has 5 nitrogen and oxygen atoms in total. The molecule has 2 rings (SSSR count). The zero-order chi connectivity index (χ0) is 13.8. The maximum atomic E-state index is 10.7. The predicted octanol–water partition coefficient (Wildman–Crippen LogP) is 2.77. The van der Waals surface area contributed by atoms with E-state index in [0.717, 1.165) is 11.3 Å². The monoisotopic (exact) mass is 259 g/mol. The molecular weight excluding hydrogens is 242 g/mol. The Hall–Kier alpha value is -2.30. The van der Waals surface area contributed by atoms with Gasteiger partial charge in [0.1, 0.15) is 0 Å². The maximum absolute atomic E-state index is 10.7. The molecule has 0 aliphatic heterocycles. The smallest absolute Gasteiger partial charge is 0.335 e. The van der Waals surface area contributed by atoms with Crippen molar-refractivity contribution in [2.24, 2.45) is 0 Å². The molecule has 0 fully saturated rings. The fourth-order valence-electron chi connectivity index (χ4n) is 1.68. The van der Waals surface area contributed by atoms with Gasteiger partial charge in [0, 0.05) is 18.8 Å². The molecule has 0 amide bonds. The second kappa shape index (κ2) is 5.56. The molecule has 2 N–H and O–H groups in total. The average Bonchev–Trinajstić information content (AvgIpc) is 2.86. The summed E-state index contributed by atoms with van der Waals surface area (Å²) in [6.45, 7) is 4.78. The van der Waals surface area contributed by atoms with Crippen LogP contribution in [0.1, 0.15) is 35.8 Å². The standard InChI is InChI=1S/C14H17N3O2/c1-10(2)17-9-13(8-16-17)15-7-11-3-5-12(6-4-11)14(18)19/h3-6,8-10,15H,7H2,1-2H3,(H,18,19). The number of aromatic nitrogens is 2. The van der Waals surface area contributed by atoms with E-state index in [1.807, 2.05) is 23.0 Å². The van der Waals surface area contributed by atoms with Crippen LogP contribution in [0.3, 0.4) is 0 Å². The van der Waals surface area contributed by atoms with E-state index in [2.05, 4.69) is 24.3 Å². The van der Waals surface area contributed by atoms with Gasteiger partial charge in [0.05, 0.1) is 17.4 Å². The summed E-state index contributed by atoms with van der Waals surface area (Å²) in [4.78, 5) is 10.7. The van der Waals surface area contributed by atoms with Gasteiger partial charge in [0.2, 0.25) is 0 Å². The Morgan fingerprint density at radius 2 is 2.05 bits per heavy atom.